The molecule has 94 valence electrons. The van der Waals surface area contributed by atoms with Crippen LogP contribution in [-0.2, 0) is 10.0 Å². The van der Waals surface area contributed by atoms with Crippen LogP contribution in [0.15, 0.2) is 18.2 Å². The molecule has 1 aromatic rings. The molecular formula is C9H11ClN2O4S. The van der Waals surface area contributed by atoms with E-state index in [1.54, 1.807) is 6.92 Å². The number of benzene rings is 1. The van der Waals surface area contributed by atoms with Crippen LogP contribution < -0.4 is 4.72 Å². The van der Waals surface area contributed by atoms with Gasteiger partial charge in [-0.25, -0.2) is 8.42 Å². The molecule has 0 amide bonds. The van der Waals surface area contributed by atoms with Crippen molar-refractivity contribution >= 4 is 33.0 Å². The number of halogens is 1. The average molecular weight is 279 g/mol. The molecule has 8 heteroatoms. The van der Waals surface area contributed by atoms with E-state index in [9.17, 15) is 18.5 Å². The number of rotatable bonds is 5. The summed E-state index contributed by atoms with van der Waals surface area (Å²) in [7, 11) is -3.44. The molecule has 1 rings (SSSR count). The Kier molecular flexibility index (Phi) is 4.30. The molecule has 0 aromatic heterocycles. The van der Waals surface area contributed by atoms with E-state index in [1.165, 1.54) is 12.1 Å². The van der Waals surface area contributed by atoms with E-state index in [-0.39, 0.29) is 22.2 Å². The number of sulfonamides is 1. The van der Waals surface area contributed by atoms with Gasteiger partial charge < -0.3 is 0 Å². The second-order valence-electron chi connectivity index (χ2n) is 3.34. The van der Waals surface area contributed by atoms with Gasteiger partial charge in [0.2, 0.25) is 10.0 Å². The molecule has 0 fully saturated rings. The van der Waals surface area contributed by atoms with Gasteiger partial charge in [0.15, 0.2) is 0 Å². The molecule has 0 unspecified atom stereocenters. The van der Waals surface area contributed by atoms with Crippen molar-refractivity contribution in [1.29, 1.82) is 0 Å². The van der Waals surface area contributed by atoms with E-state index in [2.05, 4.69) is 4.72 Å². The molecule has 0 saturated carbocycles. The van der Waals surface area contributed by atoms with Gasteiger partial charge in [-0.2, -0.15) is 0 Å². The lowest BCUT2D eigenvalue weighted by atomic mass is 10.3. The fraction of sp³-hybridized carbons (Fsp3) is 0.333. The van der Waals surface area contributed by atoms with Crippen molar-refractivity contribution in [3.8, 4) is 0 Å². The third kappa shape index (κ3) is 3.86. The first-order valence-corrected chi connectivity index (χ1v) is 6.83. The van der Waals surface area contributed by atoms with Gasteiger partial charge in [-0.3, -0.25) is 14.8 Å². The molecule has 6 nitrogen and oxygen atoms in total. The van der Waals surface area contributed by atoms with Crippen LogP contribution in [0.1, 0.15) is 13.3 Å². The molecule has 1 aromatic carbocycles. The third-order valence-corrected chi connectivity index (χ3v) is 3.69. The Labute approximate surface area is 104 Å². The van der Waals surface area contributed by atoms with E-state index < -0.39 is 14.9 Å². The van der Waals surface area contributed by atoms with Gasteiger partial charge >= 0.3 is 0 Å². The number of nitrogens with zero attached hydrogens (tertiary/aromatic N) is 1. The van der Waals surface area contributed by atoms with Crippen LogP contribution in [0.5, 0.6) is 0 Å². The average Bonchev–Trinajstić information content (AvgIpc) is 2.20. The topological polar surface area (TPSA) is 89.3 Å². The summed E-state index contributed by atoms with van der Waals surface area (Å²) in [6, 6.07) is 3.56. The summed E-state index contributed by atoms with van der Waals surface area (Å²) in [4.78, 5) is 9.86. The summed E-state index contributed by atoms with van der Waals surface area (Å²) in [5.74, 6) is -0.0275. The first-order valence-electron chi connectivity index (χ1n) is 4.80. The summed E-state index contributed by atoms with van der Waals surface area (Å²) in [5.41, 5.74) is -0.0424. The van der Waals surface area contributed by atoms with Crippen LogP contribution >= 0.6 is 11.6 Å². The SMILES string of the molecule is CCCS(=O)(=O)Nc1ccc([N+](=O)[O-])cc1Cl. The Hall–Kier alpha value is -1.34. The molecular weight excluding hydrogens is 268 g/mol. The van der Waals surface area contributed by atoms with Gasteiger partial charge in [-0.1, -0.05) is 18.5 Å². The molecule has 0 saturated heterocycles. The molecule has 0 aliphatic rings. The predicted octanol–water partition coefficient (Wildman–Crippen LogP) is 2.40. The monoisotopic (exact) mass is 278 g/mol. The molecule has 0 bridgehead atoms. The summed E-state index contributed by atoms with van der Waals surface area (Å²) in [6.45, 7) is 1.73. The van der Waals surface area contributed by atoms with Gasteiger partial charge in [0.05, 0.1) is 21.4 Å². The Bertz CT molecular complexity index is 530. The van der Waals surface area contributed by atoms with Crippen molar-refractivity contribution in [2.24, 2.45) is 0 Å². The van der Waals surface area contributed by atoms with Crippen LogP contribution in [0.2, 0.25) is 5.02 Å². The molecule has 0 radical (unpaired) electrons. The van der Waals surface area contributed by atoms with E-state index >= 15 is 0 Å². The molecule has 0 aliphatic carbocycles. The minimum atomic E-state index is -3.44. The van der Waals surface area contributed by atoms with Crippen molar-refractivity contribution in [2.75, 3.05) is 10.5 Å². The smallest absolute Gasteiger partial charge is 0.271 e. The molecule has 0 heterocycles. The Morgan fingerprint density at radius 3 is 2.59 bits per heavy atom. The Balaban J connectivity index is 2.98. The van der Waals surface area contributed by atoms with Crippen molar-refractivity contribution in [1.82, 2.24) is 0 Å². The minimum absolute atomic E-state index is 0.00104. The van der Waals surface area contributed by atoms with Gasteiger partial charge in [-0.15, -0.1) is 0 Å². The molecule has 0 aliphatic heterocycles. The maximum atomic E-state index is 11.5. The van der Waals surface area contributed by atoms with Crippen molar-refractivity contribution in [3.05, 3.63) is 33.3 Å². The Morgan fingerprint density at radius 2 is 2.12 bits per heavy atom. The molecule has 0 atom stereocenters. The second-order valence-corrected chi connectivity index (χ2v) is 5.59. The highest BCUT2D eigenvalue weighted by Gasteiger charge is 2.14. The van der Waals surface area contributed by atoms with Crippen molar-refractivity contribution in [3.63, 3.8) is 0 Å². The van der Waals surface area contributed by atoms with E-state index in [0.717, 1.165) is 6.07 Å². The molecule has 1 N–H and O–H groups in total. The number of nitro benzene ring substituents is 1. The highest BCUT2D eigenvalue weighted by atomic mass is 35.5. The predicted molar refractivity (Wildman–Crippen MR) is 65.8 cm³/mol. The normalized spacial score (nSPS) is 11.2. The second kappa shape index (κ2) is 5.33. The van der Waals surface area contributed by atoms with Crippen molar-refractivity contribution in [2.45, 2.75) is 13.3 Å². The van der Waals surface area contributed by atoms with Crippen LogP contribution in [-0.4, -0.2) is 19.1 Å². The van der Waals surface area contributed by atoms with Gasteiger partial charge in [0.1, 0.15) is 0 Å². The summed E-state index contributed by atoms with van der Waals surface area (Å²) < 4.78 is 25.2. The van der Waals surface area contributed by atoms with Crippen LogP contribution in [0.3, 0.4) is 0 Å². The van der Waals surface area contributed by atoms with E-state index in [4.69, 9.17) is 11.6 Å². The lowest BCUT2D eigenvalue weighted by Gasteiger charge is -2.08. The lowest BCUT2D eigenvalue weighted by Crippen LogP contribution is -2.16. The maximum absolute atomic E-state index is 11.5. The zero-order chi connectivity index (χ0) is 13.1. The van der Waals surface area contributed by atoms with Gasteiger partial charge in [-0.05, 0) is 12.5 Å². The quantitative estimate of drug-likeness (QED) is 0.661. The molecule has 0 spiro atoms. The number of non-ortho nitro benzene ring substituents is 1. The fourth-order valence-corrected chi connectivity index (χ4v) is 2.62. The highest BCUT2D eigenvalue weighted by molar-refractivity contribution is 7.92. The van der Waals surface area contributed by atoms with Gasteiger partial charge in [0, 0.05) is 12.1 Å². The number of nitro groups is 1. The number of nitrogens with one attached hydrogen (secondary N) is 1. The summed E-state index contributed by atoms with van der Waals surface area (Å²) in [6.07, 6.45) is 0.472. The first kappa shape index (κ1) is 13.7. The third-order valence-electron chi connectivity index (χ3n) is 1.90. The van der Waals surface area contributed by atoms with Crippen LogP contribution in [0.25, 0.3) is 0 Å². The van der Waals surface area contributed by atoms with E-state index in [1.807, 2.05) is 0 Å². The number of hydrogen-bond donors (Lipinski definition) is 1. The Morgan fingerprint density at radius 1 is 1.47 bits per heavy atom. The standard InChI is InChI=1S/C9H11ClN2O4S/c1-2-5-17(15,16)11-9-4-3-7(12(13)14)6-8(9)10/h3-4,6,11H,2,5H2,1H3. The minimum Gasteiger partial charge on any atom is -0.282 e. The largest absolute Gasteiger partial charge is 0.282 e. The summed E-state index contributed by atoms with van der Waals surface area (Å²) in [5, 5.41) is 10.5. The fourth-order valence-electron chi connectivity index (χ4n) is 1.19. The van der Waals surface area contributed by atoms with E-state index in [0.29, 0.717) is 6.42 Å². The van der Waals surface area contributed by atoms with Gasteiger partial charge in [0.25, 0.3) is 5.69 Å². The molecule has 17 heavy (non-hydrogen) atoms. The first-order chi connectivity index (χ1) is 7.85. The maximum Gasteiger partial charge on any atom is 0.271 e. The van der Waals surface area contributed by atoms with Crippen molar-refractivity contribution < 1.29 is 13.3 Å². The zero-order valence-corrected chi connectivity index (χ0v) is 10.6. The number of hydrogen-bond acceptors (Lipinski definition) is 4. The van der Waals surface area contributed by atoms with Crippen LogP contribution in [0.4, 0.5) is 11.4 Å². The highest BCUT2D eigenvalue weighted by Crippen LogP contribution is 2.27. The van der Waals surface area contributed by atoms with Crippen LogP contribution in [0, 0.1) is 10.1 Å². The number of anilines is 1. The lowest BCUT2D eigenvalue weighted by molar-refractivity contribution is -0.384. The summed E-state index contributed by atoms with van der Waals surface area (Å²) >= 11 is 5.75. The zero-order valence-electron chi connectivity index (χ0n) is 9.01.